The molecule has 0 N–H and O–H groups in total. The lowest BCUT2D eigenvalue weighted by Crippen LogP contribution is -2.07. The van der Waals surface area contributed by atoms with Crippen molar-refractivity contribution >= 4 is 44.2 Å². The lowest BCUT2D eigenvalue weighted by molar-refractivity contribution is -0.385. The van der Waals surface area contributed by atoms with Gasteiger partial charge in [0.1, 0.15) is 0 Å². The van der Waals surface area contributed by atoms with Gasteiger partial charge in [0, 0.05) is 20.0 Å². The monoisotopic (exact) mass is 395 g/mol. The zero-order chi connectivity index (χ0) is 11.7. The van der Waals surface area contributed by atoms with E-state index in [1.807, 2.05) is 12.1 Å². The molecular formula is C11H11BrINO2. The van der Waals surface area contributed by atoms with Crippen LogP contribution in [0, 0.1) is 19.6 Å². The van der Waals surface area contributed by atoms with Gasteiger partial charge in [-0.15, -0.1) is 0 Å². The van der Waals surface area contributed by atoms with Crippen LogP contribution < -0.4 is 0 Å². The minimum atomic E-state index is -0.288. The number of hydrogen-bond donors (Lipinski definition) is 0. The quantitative estimate of drug-likeness (QED) is 0.335. The highest BCUT2D eigenvalue weighted by molar-refractivity contribution is 14.1. The maximum absolute atomic E-state index is 10.9. The van der Waals surface area contributed by atoms with Gasteiger partial charge in [-0.25, -0.2) is 0 Å². The van der Waals surface area contributed by atoms with Gasteiger partial charge in [0.05, 0.1) is 4.92 Å². The van der Waals surface area contributed by atoms with Gasteiger partial charge in [0.25, 0.3) is 5.69 Å². The number of nitrogens with zero attached hydrogens (tertiary/aromatic N) is 1. The van der Waals surface area contributed by atoms with Gasteiger partial charge >= 0.3 is 0 Å². The highest BCUT2D eigenvalue weighted by Gasteiger charge is 2.30. The van der Waals surface area contributed by atoms with Crippen LogP contribution in [0.4, 0.5) is 5.69 Å². The summed E-state index contributed by atoms with van der Waals surface area (Å²) in [5.74, 6) is 0.707. The van der Waals surface area contributed by atoms with Crippen molar-refractivity contribution in [1.29, 1.82) is 0 Å². The smallest absolute Gasteiger partial charge is 0.258 e. The Morgan fingerprint density at radius 1 is 1.56 bits per heavy atom. The molecule has 0 bridgehead atoms. The molecule has 0 amide bonds. The van der Waals surface area contributed by atoms with E-state index in [0.717, 1.165) is 15.6 Å². The second kappa shape index (κ2) is 5.00. The van der Waals surface area contributed by atoms with E-state index in [2.05, 4.69) is 38.5 Å². The second-order valence-electron chi connectivity index (χ2n) is 4.09. The molecule has 0 aliphatic heterocycles. The predicted octanol–water partition coefficient (Wildman–Crippen LogP) is 3.92. The number of benzene rings is 1. The summed E-state index contributed by atoms with van der Waals surface area (Å²) in [6, 6.07) is 5.44. The Morgan fingerprint density at radius 3 is 2.81 bits per heavy atom. The Kier molecular flexibility index (Phi) is 3.84. The third kappa shape index (κ3) is 2.94. The number of nitro groups is 1. The van der Waals surface area contributed by atoms with E-state index in [1.54, 1.807) is 6.07 Å². The van der Waals surface area contributed by atoms with E-state index < -0.39 is 0 Å². The van der Waals surface area contributed by atoms with E-state index in [9.17, 15) is 10.1 Å². The molecule has 0 radical (unpaired) electrons. The standard InChI is InChI=1S/C11H11BrINO2/c12-10(7-1-2-7)5-8-3-4-9(13)6-11(8)14(15)16/h3-4,6-7,10H,1-2,5H2. The van der Waals surface area contributed by atoms with Crippen LogP contribution in [0.1, 0.15) is 18.4 Å². The zero-order valence-corrected chi connectivity index (χ0v) is 12.3. The number of rotatable bonds is 4. The third-order valence-corrected chi connectivity index (χ3v) is 4.53. The summed E-state index contributed by atoms with van der Waals surface area (Å²) in [4.78, 5) is 11.0. The second-order valence-corrected chi connectivity index (χ2v) is 6.51. The van der Waals surface area contributed by atoms with Crippen molar-refractivity contribution in [2.24, 2.45) is 5.92 Å². The molecule has 5 heteroatoms. The molecule has 0 saturated heterocycles. The van der Waals surface area contributed by atoms with E-state index in [-0.39, 0.29) is 10.6 Å². The first-order chi connectivity index (χ1) is 7.58. The Morgan fingerprint density at radius 2 is 2.25 bits per heavy atom. The molecule has 0 heterocycles. The minimum Gasteiger partial charge on any atom is -0.258 e. The Hall–Kier alpha value is -0.170. The van der Waals surface area contributed by atoms with Crippen LogP contribution in [-0.4, -0.2) is 9.75 Å². The van der Waals surface area contributed by atoms with E-state index >= 15 is 0 Å². The summed E-state index contributed by atoms with van der Waals surface area (Å²) in [5, 5.41) is 10.9. The van der Waals surface area contributed by atoms with Crippen LogP contribution in [0.15, 0.2) is 18.2 Å². The fourth-order valence-corrected chi connectivity index (χ4v) is 3.07. The lowest BCUT2D eigenvalue weighted by Gasteiger charge is -2.08. The average molecular weight is 396 g/mol. The highest BCUT2D eigenvalue weighted by atomic mass is 127. The highest BCUT2D eigenvalue weighted by Crippen LogP contribution is 2.39. The molecule has 1 aliphatic rings. The van der Waals surface area contributed by atoms with E-state index in [4.69, 9.17) is 0 Å². The van der Waals surface area contributed by atoms with Gasteiger partial charge < -0.3 is 0 Å². The molecule has 0 aromatic heterocycles. The number of nitro benzene ring substituents is 1. The van der Waals surface area contributed by atoms with Crippen molar-refractivity contribution in [3.05, 3.63) is 37.4 Å². The summed E-state index contributed by atoms with van der Waals surface area (Å²) < 4.78 is 0.908. The van der Waals surface area contributed by atoms with Gasteiger partial charge in [0.15, 0.2) is 0 Å². The zero-order valence-electron chi connectivity index (χ0n) is 8.53. The van der Waals surface area contributed by atoms with Crippen LogP contribution in [0.5, 0.6) is 0 Å². The summed E-state index contributed by atoms with van der Waals surface area (Å²) in [5.41, 5.74) is 1.08. The molecule has 3 nitrogen and oxygen atoms in total. The third-order valence-electron chi connectivity index (χ3n) is 2.79. The number of alkyl halides is 1. The van der Waals surface area contributed by atoms with Crippen molar-refractivity contribution in [3.63, 3.8) is 0 Å². The van der Waals surface area contributed by atoms with Crippen LogP contribution in [0.2, 0.25) is 0 Å². The largest absolute Gasteiger partial charge is 0.273 e. The van der Waals surface area contributed by atoms with Crippen LogP contribution in [-0.2, 0) is 6.42 Å². The SMILES string of the molecule is O=[N+]([O-])c1cc(I)ccc1CC(Br)C1CC1. The van der Waals surface area contributed by atoms with Gasteiger partial charge in [-0.05, 0) is 53.8 Å². The first-order valence-corrected chi connectivity index (χ1v) is 7.14. The molecule has 1 atom stereocenters. The first-order valence-electron chi connectivity index (χ1n) is 5.15. The fraction of sp³-hybridized carbons (Fsp3) is 0.455. The Labute approximate surface area is 116 Å². The van der Waals surface area contributed by atoms with Crippen molar-refractivity contribution < 1.29 is 4.92 Å². The molecule has 16 heavy (non-hydrogen) atoms. The average Bonchev–Trinajstić information content (AvgIpc) is 3.03. The number of hydrogen-bond acceptors (Lipinski definition) is 2. The van der Waals surface area contributed by atoms with Gasteiger partial charge in [-0.3, -0.25) is 10.1 Å². The molecule has 1 aromatic rings. The van der Waals surface area contributed by atoms with Crippen molar-refractivity contribution in [3.8, 4) is 0 Å². The molecule has 86 valence electrons. The molecule has 2 rings (SSSR count). The Balaban J connectivity index is 2.21. The lowest BCUT2D eigenvalue weighted by atomic mass is 10.1. The van der Waals surface area contributed by atoms with Crippen LogP contribution in [0.25, 0.3) is 0 Å². The minimum absolute atomic E-state index is 0.247. The van der Waals surface area contributed by atoms with E-state index in [0.29, 0.717) is 10.7 Å². The summed E-state index contributed by atoms with van der Waals surface area (Å²) in [6.45, 7) is 0. The van der Waals surface area contributed by atoms with E-state index in [1.165, 1.54) is 12.8 Å². The van der Waals surface area contributed by atoms with Gasteiger partial charge in [0.2, 0.25) is 0 Å². The number of halogens is 2. The van der Waals surface area contributed by atoms with Crippen molar-refractivity contribution in [2.45, 2.75) is 24.1 Å². The molecule has 0 spiro atoms. The Bertz CT molecular complexity index is 420. The van der Waals surface area contributed by atoms with Gasteiger partial charge in [-0.1, -0.05) is 22.0 Å². The maximum Gasteiger partial charge on any atom is 0.273 e. The summed E-state index contributed by atoms with van der Waals surface area (Å²) in [6.07, 6.45) is 3.24. The van der Waals surface area contributed by atoms with Gasteiger partial charge in [-0.2, -0.15) is 0 Å². The molecule has 1 fully saturated rings. The van der Waals surface area contributed by atoms with Crippen molar-refractivity contribution in [1.82, 2.24) is 0 Å². The molecule has 1 aromatic carbocycles. The molecule has 1 aliphatic carbocycles. The maximum atomic E-state index is 10.9. The normalized spacial score (nSPS) is 17.1. The topological polar surface area (TPSA) is 43.1 Å². The molecule has 1 unspecified atom stereocenters. The summed E-state index contributed by atoms with van der Waals surface area (Å²) >= 11 is 5.72. The van der Waals surface area contributed by atoms with Crippen LogP contribution in [0.3, 0.4) is 0 Å². The summed E-state index contributed by atoms with van der Waals surface area (Å²) in [7, 11) is 0. The fourth-order valence-electron chi connectivity index (χ4n) is 1.71. The van der Waals surface area contributed by atoms with Crippen molar-refractivity contribution in [2.75, 3.05) is 0 Å². The van der Waals surface area contributed by atoms with Crippen LogP contribution >= 0.6 is 38.5 Å². The molecular weight excluding hydrogens is 385 g/mol. The molecule has 1 saturated carbocycles. The predicted molar refractivity (Wildman–Crippen MR) is 75.0 cm³/mol. The first kappa shape index (κ1) is 12.3.